The molecule has 38 heavy (non-hydrogen) atoms. The Bertz CT molecular complexity index is 1180. The number of alkyl carbamates (subject to hydrolysis) is 1. The average molecular weight is 568 g/mol. The molecule has 0 aliphatic carbocycles. The molecule has 0 saturated heterocycles. The smallest absolute Gasteiger partial charge is 0.407 e. The quantitative estimate of drug-likeness (QED) is 0.341. The molecule has 0 heterocycles. The van der Waals surface area contributed by atoms with Crippen LogP contribution < -0.4 is 10.1 Å². The van der Waals surface area contributed by atoms with Gasteiger partial charge in [-0.3, -0.25) is 9.59 Å². The topological polar surface area (TPSA) is 145 Å². The van der Waals surface area contributed by atoms with Crippen molar-refractivity contribution >= 4 is 39.9 Å². The summed E-state index contributed by atoms with van der Waals surface area (Å²) in [6.45, 7) is 4.47. The zero-order chi connectivity index (χ0) is 28.3. The Kier molecular flexibility index (Phi) is 11.5. The highest BCUT2D eigenvalue weighted by Gasteiger charge is 2.34. The zero-order valence-electron chi connectivity index (χ0n) is 21.7. The molecule has 0 radical (unpaired) electrons. The summed E-state index contributed by atoms with van der Waals surface area (Å²) in [4.78, 5) is 36.8. The lowest BCUT2D eigenvalue weighted by molar-refractivity contribution is -0.142. The van der Waals surface area contributed by atoms with Gasteiger partial charge in [0.05, 0.1) is 24.3 Å². The van der Waals surface area contributed by atoms with Crippen molar-refractivity contribution in [3.05, 3.63) is 65.7 Å². The van der Waals surface area contributed by atoms with Crippen LogP contribution in [0.5, 0.6) is 5.75 Å². The normalized spacial score (nSPS) is 13.2. The van der Waals surface area contributed by atoms with Gasteiger partial charge in [0, 0.05) is 5.75 Å². The van der Waals surface area contributed by atoms with Crippen LogP contribution in [0, 0.1) is 5.41 Å². The van der Waals surface area contributed by atoms with Crippen LogP contribution >= 0.6 is 11.8 Å². The highest BCUT2D eigenvalue weighted by atomic mass is 32.2. The Balaban J connectivity index is 2.16. The van der Waals surface area contributed by atoms with E-state index in [0.29, 0.717) is 5.75 Å². The molecule has 0 bridgehead atoms. The molecule has 12 heteroatoms. The minimum absolute atomic E-state index is 0.0579. The van der Waals surface area contributed by atoms with E-state index < -0.39 is 50.6 Å². The van der Waals surface area contributed by atoms with Gasteiger partial charge in [-0.2, -0.15) is 8.42 Å². The van der Waals surface area contributed by atoms with Crippen LogP contribution in [0.15, 0.2) is 54.6 Å². The molecule has 0 aromatic heterocycles. The van der Waals surface area contributed by atoms with Crippen molar-refractivity contribution in [2.45, 2.75) is 50.8 Å². The monoisotopic (exact) mass is 567 g/mol. The summed E-state index contributed by atoms with van der Waals surface area (Å²) in [5.41, 5.74) is 0.475. The number of hydrogen-bond acceptors (Lipinski definition) is 9. The lowest BCUT2D eigenvalue weighted by Crippen LogP contribution is -2.46. The number of aliphatic carboxylic acids is 1. The molecule has 2 aromatic rings. The Morgan fingerprint density at radius 3 is 2.18 bits per heavy atom. The molecule has 2 unspecified atom stereocenters. The van der Waals surface area contributed by atoms with Gasteiger partial charge in [-0.1, -0.05) is 42.5 Å². The largest absolute Gasteiger partial charge is 0.497 e. The fourth-order valence-electron chi connectivity index (χ4n) is 3.04. The van der Waals surface area contributed by atoms with Gasteiger partial charge < -0.3 is 24.1 Å². The maximum absolute atomic E-state index is 12.5. The number of rotatable bonds is 13. The van der Waals surface area contributed by atoms with Gasteiger partial charge in [-0.25, -0.2) is 4.79 Å². The molecular formula is C26H33NO9S2. The summed E-state index contributed by atoms with van der Waals surface area (Å²) in [5, 5.41) is 11.2. The Labute approximate surface area is 227 Å². The average Bonchev–Trinajstić information content (AvgIpc) is 2.86. The van der Waals surface area contributed by atoms with Gasteiger partial charge in [0.1, 0.15) is 17.6 Å². The highest BCUT2D eigenvalue weighted by Crippen LogP contribution is 2.25. The minimum atomic E-state index is -4.34. The summed E-state index contributed by atoms with van der Waals surface area (Å²) in [7, 11) is -2.81. The number of nitrogens with one attached hydrogen (secondary N) is 1. The standard InChI is InChI=1S/C26H33NO9S2/c1-26(2,3)24(30)36-38(32,33)15-14-21(27-25(31)35-16-18-8-6-5-7-9-18)22(23(28)29)37-17-19-10-12-20(34-4)13-11-19/h5-13,21-22H,14-17H2,1-4H3,(H,27,31)(H,28,29). The lowest BCUT2D eigenvalue weighted by atomic mass is 9.98. The predicted molar refractivity (Wildman–Crippen MR) is 143 cm³/mol. The molecule has 0 saturated carbocycles. The van der Waals surface area contributed by atoms with Crippen molar-refractivity contribution < 1.29 is 41.6 Å². The van der Waals surface area contributed by atoms with Crippen LogP contribution in [0.1, 0.15) is 38.3 Å². The first-order chi connectivity index (χ1) is 17.8. The van der Waals surface area contributed by atoms with E-state index in [2.05, 4.69) is 9.50 Å². The number of methoxy groups -OCH3 is 1. The SMILES string of the molecule is COc1ccc(CSC(C(=O)O)C(CCS(=O)(=O)OC(=O)C(C)(C)C)NC(=O)OCc2ccccc2)cc1. The molecule has 2 N–H and O–H groups in total. The maximum Gasteiger partial charge on any atom is 0.407 e. The first-order valence-electron chi connectivity index (χ1n) is 11.7. The first kappa shape index (κ1) is 31.0. The minimum Gasteiger partial charge on any atom is -0.497 e. The first-order valence-corrected chi connectivity index (χ1v) is 14.3. The third-order valence-corrected chi connectivity index (χ3v) is 7.74. The molecule has 0 aliphatic heterocycles. The molecular weight excluding hydrogens is 534 g/mol. The number of amides is 1. The molecule has 2 aromatic carbocycles. The molecule has 0 fully saturated rings. The van der Waals surface area contributed by atoms with Crippen LogP contribution in [-0.2, 0) is 41.0 Å². The van der Waals surface area contributed by atoms with E-state index in [9.17, 15) is 27.9 Å². The highest BCUT2D eigenvalue weighted by molar-refractivity contribution is 7.99. The number of carboxylic acids is 1. The number of thioether (sulfide) groups is 1. The predicted octanol–water partition coefficient (Wildman–Crippen LogP) is 3.99. The van der Waals surface area contributed by atoms with E-state index in [4.69, 9.17) is 9.47 Å². The maximum atomic E-state index is 12.5. The number of carboxylic acid groups (broad SMARTS) is 1. The number of benzene rings is 2. The molecule has 10 nitrogen and oxygen atoms in total. The molecule has 2 atom stereocenters. The van der Waals surface area contributed by atoms with Gasteiger partial charge in [-0.15, -0.1) is 11.8 Å². The molecule has 1 amide bonds. The number of hydrogen-bond donors (Lipinski definition) is 2. The van der Waals surface area contributed by atoms with Gasteiger partial charge in [0.25, 0.3) is 0 Å². The fourth-order valence-corrected chi connectivity index (χ4v) is 5.29. The van der Waals surface area contributed by atoms with Crippen LogP contribution in [-0.4, -0.2) is 55.7 Å². The Morgan fingerprint density at radius 1 is 1.00 bits per heavy atom. The van der Waals surface area contributed by atoms with Gasteiger partial charge in [0.15, 0.2) is 0 Å². The second-order valence-corrected chi connectivity index (χ2v) is 12.2. The Morgan fingerprint density at radius 2 is 1.63 bits per heavy atom. The third kappa shape index (κ3) is 10.6. The second kappa shape index (κ2) is 14.1. The van der Waals surface area contributed by atoms with Crippen LogP contribution in [0.2, 0.25) is 0 Å². The second-order valence-electron chi connectivity index (χ2n) is 9.40. The van der Waals surface area contributed by atoms with E-state index >= 15 is 0 Å². The van der Waals surface area contributed by atoms with E-state index in [1.165, 1.54) is 27.9 Å². The van der Waals surface area contributed by atoms with Gasteiger partial charge >= 0.3 is 28.1 Å². The van der Waals surface area contributed by atoms with E-state index in [1.54, 1.807) is 48.5 Å². The molecule has 0 spiro atoms. The van der Waals surface area contributed by atoms with Crippen LogP contribution in [0.3, 0.4) is 0 Å². The van der Waals surface area contributed by atoms with Crippen LogP contribution in [0.25, 0.3) is 0 Å². The van der Waals surface area contributed by atoms with Crippen molar-refractivity contribution in [3.8, 4) is 5.75 Å². The van der Waals surface area contributed by atoms with Crippen molar-refractivity contribution in [1.82, 2.24) is 5.32 Å². The van der Waals surface area contributed by atoms with Crippen molar-refractivity contribution in [2.24, 2.45) is 5.41 Å². The number of carbonyl (C=O) groups excluding carboxylic acids is 2. The third-order valence-electron chi connectivity index (χ3n) is 5.21. The number of ether oxygens (including phenoxy) is 2. The van der Waals surface area contributed by atoms with E-state index in [1.807, 2.05) is 6.07 Å². The van der Waals surface area contributed by atoms with Crippen molar-refractivity contribution in [2.75, 3.05) is 12.9 Å². The van der Waals surface area contributed by atoms with E-state index in [0.717, 1.165) is 22.9 Å². The molecule has 0 aliphatic rings. The van der Waals surface area contributed by atoms with Gasteiger partial charge in [0.2, 0.25) is 0 Å². The number of carbonyl (C=O) groups is 3. The zero-order valence-corrected chi connectivity index (χ0v) is 23.3. The summed E-state index contributed by atoms with van der Waals surface area (Å²) in [6, 6.07) is 14.7. The molecule has 2 rings (SSSR count). The summed E-state index contributed by atoms with van der Waals surface area (Å²) in [5.74, 6) is -1.96. The van der Waals surface area contributed by atoms with E-state index in [-0.39, 0.29) is 18.8 Å². The van der Waals surface area contributed by atoms with Crippen molar-refractivity contribution in [1.29, 1.82) is 0 Å². The van der Waals surface area contributed by atoms with Gasteiger partial charge in [-0.05, 0) is 50.5 Å². The summed E-state index contributed by atoms with van der Waals surface area (Å²) >= 11 is 1.02. The molecule has 208 valence electrons. The fraction of sp³-hybridized carbons (Fsp3) is 0.423. The summed E-state index contributed by atoms with van der Waals surface area (Å²) < 4.78 is 40.0. The van der Waals surface area contributed by atoms with Crippen molar-refractivity contribution in [3.63, 3.8) is 0 Å². The summed E-state index contributed by atoms with van der Waals surface area (Å²) in [6.07, 6.45) is -1.23. The lowest BCUT2D eigenvalue weighted by Gasteiger charge is -2.25. The Hall–Kier alpha value is -3.25. The van der Waals surface area contributed by atoms with Crippen LogP contribution in [0.4, 0.5) is 4.79 Å².